The Kier molecular flexibility index (Phi) is 6.05. The van der Waals surface area contributed by atoms with Crippen LogP contribution in [0.15, 0.2) is 24.3 Å². The first-order chi connectivity index (χ1) is 13.0. The van der Waals surface area contributed by atoms with E-state index in [0.29, 0.717) is 53.7 Å². The van der Waals surface area contributed by atoms with E-state index in [9.17, 15) is 14.0 Å². The summed E-state index contributed by atoms with van der Waals surface area (Å²) in [4.78, 5) is 30.9. The van der Waals surface area contributed by atoms with Crippen LogP contribution in [0.3, 0.4) is 0 Å². The molecule has 2 amide bonds. The van der Waals surface area contributed by atoms with Crippen molar-refractivity contribution in [2.45, 2.75) is 32.7 Å². The van der Waals surface area contributed by atoms with Gasteiger partial charge in [-0.2, -0.15) is 0 Å². The predicted octanol–water partition coefficient (Wildman–Crippen LogP) is 3.61. The molecule has 8 heteroatoms. The van der Waals surface area contributed by atoms with E-state index < -0.39 is 0 Å². The first-order valence-corrected chi connectivity index (χ1v) is 9.76. The monoisotopic (exact) mass is 391 g/mol. The molecule has 1 fully saturated rings. The number of halogens is 1. The van der Waals surface area contributed by atoms with Gasteiger partial charge in [0.15, 0.2) is 0 Å². The first kappa shape index (κ1) is 19.3. The molecule has 1 aliphatic rings. The Labute approximate surface area is 161 Å². The van der Waals surface area contributed by atoms with Crippen molar-refractivity contribution in [2.24, 2.45) is 0 Å². The van der Waals surface area contributed by atoms with Crippen LogP contribution in [0.25, 0.3) is 10.6 Å². The second kappa shape index (κ2) is 8.47. The zero-order valence-corrected chi connectivity index (χ0v) is 16.1. The lowest BCUT2D eigenvalue weighted by atomic mass is 10.1. The molecule has 1 aliphatic heterocycles. The standard InChI is InChI=1S/C19H22FN3O3S/c1-3-26-19(25)23-10-8-13(9-11-23)22-17(24)16-12(2)21-18(27-16)14-6-4-5-7-15(14)20/h4-7,13H,3,8-11H2,1-2H3,(H,22,24). The highest BCUT2D eigenvalue weighted by molar-refractivity contribution is 7.17. The molecule has 144 valence electrons. The molecular weight excluding hydrogens is 369 g/mol. The van der Waals surface area contributed by atoms with E-state index in [2.05, 4.69) is 10.3 Å². The zero-order chi connectivity index (χ0) is 19.4. The van der Waals surface area contributed by atoms with Gasteiger partial charge in [0.25, 0.3) is 5.91 Å². The summed E-state index contributed by atoms with van der Waals surface area (Å²) >= 11 is 1.19. The highest BCUT2D eigenvalue weighted by atomic mass is 32.1. The molecule has 0 saturated carbocycles. The minimum absolute atomic E-state index is 0.0124. The van der Waals surface area contributed by atoms with E-state index in [-0.39, 0.29) is 23.9 Å². The number of aryl methyl sites for hydroxylation is 1. The molecule has 6 nitrogen and oxygen atoms in total. The molecule has 0 radical (unpaired) electrons. The number of carbonyl (C=O) groups excluding carboxylic acids is 2. The lowest BCUT2D eigenvalue weighted by Crippen LogP contribution is -2.46. The summed E-state index contributed by atoms with van der Waals surface area (Å²) in [7, 11) is 0. The van der Waals surface area contributed by atoms with Crippen molar-refractivity contribution in [3.8, 4) is 10.6 Å². The van der Waals surface area contributed by atoms with Gasteiger partial charge in [-0.1, -0.05) is 12.1 Å². The van der Waals surface area contributed by atoms with Gasteiger partial charge >= 0.3 is 6.09 Å². The van der Waals surface area contributed by atoms with Crippen LogP contribution < -0.4 is 5.32 Å². The van der Waals surface area contributed by atoms with Gasteiger partial charge in [0, 0.05) is 24.7 Å². The van der Waals surface area contributed by atoms with Gasteiger partial charge in [-0.05, 0) is 38.8 Å². The molecule has 2 heterocycles. The molecule has 1 aromatic heterocycles. The SMILES string of the molecule is CCOC(=O)N1CCC(NC(=O)c2sc(-c3ccccc3F)nc2C)CC1. The van der Waals surface area contributed by atoms with Gasteiger partial charge in [0.2, 0.25) is 0 Å². The van der Waals surface area contributed by atoms with Crippen molar-refractivity contribution in [3.05, 3.63) is 40.7 Å². The van der Waals surface area contributed by atoms with Crippen molar-refractivity contribution in [1.82, 2.24) is 15.2 Å². The Morgan fingerprint density at radius 3 is 2.70 bits per heavy atom. The summed E-state index contributed by atoms with van der Waals surface area (Å²) in [6.45, 7) is 4.97. The molecule has 1 saturated heterocycles. The quantitative estimate of drug-likeness (QED) is 0.864. The van der Waals surface area contributed by atoms with E-state index in [1.165, 1.54) is 17.4 Å². The number of aromatic nitrogens is 1. The molecule has 1 aromatic carbocycles. The average molecular weight is 391 g/mol. The lowest BCUT2D eigenvalue weighted by Gasteiger charge is -2.31. The largest absolute Gasteiger partial charge is 0.450 e. The fraction of sp³-hybridized carbons (Fsp3) is 0.421. The number of carbonyl (C=O) groups is 2. The summed E-state index contributed by atoms with van der Waals surface area (Å²) < 4.78 is 19.0. The Morgan fingerprint density at radius 2 is 2.04 bits per heavy atom. The Hall–Kier alpha value is -2.48. The van der Waals surface area contributed by atoms with Gasteiger partial charge in [0.1, 0.15) is 15.7 Å². The predicted molar refractivity (Wildman–Crippen MR) is 101 cm³/mol. The molecule has 0 atom stereocenters. The number of hydrogen-bond acceptors (Lipinski definition) is 5. The zero-order valence-electron chi connectivity index (χ0n) is 15.3. The van der Waals surface area contributed by atoms with Crippen molar-refractivity contribution in [2.75, 3.05) is 19.7 Å². The van der Waals surface area contributed by atoms with Gasteiger partial charge in [-0.15, -0.1) is 11.3 Å². The molecule has 0 unspecified atom stereocenters. The average Bonchev–Trinajstić information content (AvgIpc) is 3.04. The number of benzene rings is 1. The normalized spacial score (nSPS) is 14.9. The van der Waals surface area contributed by atoms with Crippen LogP contribution in [-0.4, -0.2) is 47.6 Å². The maximum Gasteiger partial charge on any atom is 0.409 e. The summed E-state index contributed by atoms with van der Waals surface area (Å²) in [6, 6.07) is 6.38. The van der Waals surface area contributed by atoms with Crippen LogP contribution >= 0.6 is 11.3 Å². The summed E-state index contributed by atoms with van der Waals surface area (Å²) in [6.07, 6.45) is 1.03. The van der Waals surface area contributed by atoms with E-state index in [0.717, 1.165) is 0 Å². The Bertz CT molecular complexity index is 831. The molecule has 0 bridgehead atoms. The Morgan fingerprint density at radius 1 is 1.33 bits per heavy atom. The van der Waals surface area contributed by atoms with E-state index in [4.69, 9.17) is 4.74 Å². The number of piperidine rings is 1. The number of rotatable bonds is 4. The minimum Gasteiger partial charge on any atom is -0.450 e. The number of nitrogens with one attached hydrogen (secondary N) is 1. The van der Waals surface area contributed by atoms with Crippen LogP contribution in [0.1, 0.15) is 35.1 Å². The number of nitrogens with zero attached hydrogens (tertiary/aromatic N) is 2. The fourth-order valence-corrected chi connectivity index (χ4v) is 4.03. The van der Waals surface area contributed by atoms with Crippen molar-refractivity contribution < 1.29 is 18.7 Å². The van der Waals surface area contributed by atoms with E-state index in [1.54, 1.807) is 36.9 Å². The van der Waals surface area contributed by atoms with Gasteiger partial charge < -0.3 is 15.0 Å². The van der Waals surface area contributed by atoms with Crippen LogP contribution in [0, 0.1) is 12.7 Å². The highest BCUT2D eigenvalue weighted by Crippen LogP contribution is 2.29. The molecular formula is C19H22FN3O3S. The second-order valence-electron chi connectivity index (χ2n) is 6.35. The molecule has 0 aliphatic carbocycles. The summed E-state index contributed by atoms with van der Waals surface area (Å²) in [5, 5.41) is 3.50. The van der Waals surface area contributed by atoms with E-state index >= 15 is 0 Å². The minimum atomic E-state index is -0.357. The Balaban J connectivity index is 1.63. The first-order valence-electron chi connectivity index (χ1n) is 8.94. The third-order valence-corrected chi connectivity index (χ3v) is 5.65. The maximum atomic E-state index is 14.0. The third kappa shape index (κ3) is 4.44. The number of thiazole rings is 1. The molecule has 27 heavy (non-hydrogen) atoms. The van der Waals surface area contributed by atoms with Crippen molar-refractivity contribution in [3.63, 3.8) is 0 Å². The number of amides is 2. The van der Waals surface area contributed by atoms with Crippen molar-refractivity contribution in [1.29, 1.82) is 0 Å². The molecule has 1 N–H and O–H groups in total. The number of likely N-dealkylation sites (tertiary alicyclic amines) is 1. The summed E-state index contributed by atoms with van der Waals surface area (Å²) in [5.74, 6) is -0.563. The van der Waals surface area contributed by atoms with Crippen LogP contribution in [-0.2, 0) is 4.74 Å². The van der Waals surface area contributed by atoms with E-state index in [1.807, 2.05) is 0 Å². The molecule has 2 aromatic rings. The van der Waals surface area contributed by atoms with Gasteiger partial charge in [0.05, 0.1) is 12.3 Å². The van der Waals surface area contributed by atoms with Crippen molar-refractivity contribution >= 4 is 23.3 Å². The summed E-state index contributed by atoms with van der Waals surface area (Å²) in [5.41, 5.74) is 0.979. The number of ether oxygens (including phenoxy) is 1. The second-order valence-corrected chi connectivity index (χ2v) is 7.35. The molecule has 3 rings (SSSR count). The maximum absolute atomic E-state index is 14.0. The van der Waals surface area contributed by atoms with Crippen LogP contribution in [0.2, 0.25) is 0 Å². The van der Waals surface area contributed by atoms with Crippen LogP contribution in [0.4, 0.5) is 9.18 Å². The van der Waals surface area contributed by atoms with Gasteiger partial charge in [-0.3, -0.25) is 4.79 Å². The third-order valence-electron chi connectivity index (χ3n) is 4.46. The topological polar surface area (TPSA) is 71.5 Å². The fourth-order valence-electron chi connectivity index (χ4n) is 3.03. The van der Waals surface area contributed by atoms with Gasteiger partial charge in [-0.25, -0.2) is 14.2 Å². The molecule has 0 spiro atoms. The smallest absolute Gasteiger partial charge is 0.409 e. The lowest BCUT2D eigenvalue weighted by molar-refractivity contribution is 0.0862. The van der Waals surface area contributed by atoms with Crippen LogP contribution in [0.5, 0.6) is 0 Å². The number of hydrogen-bond donors (Lipinski definition) is 1. The highest BCUT2D eigenvalue weighted by Gasteiger charge is 2.26.